The Bertz CT molecular complexity index is 774. The number of amides is 2. The molecule has 2 amide bonds. The summed E-state index contributed by atoms with van der Waals surface area (Å²) in [4.78, 5) is 17.5. The zero-order valence-corrected chi connectivity index (χ0v) is 14.6. The highest BCUT2D eigenvalue weighted by atomic mass is 32.2. The summed E-state index contributed by atoms with van der Waals surface area (Å²) in [6.45, 7) is 2.85. The van der Waals surface area contributed by atoms with Gasteiger partial charge in [-0.15, -0.1) is 0 Å². The number of hydrogen-bond acceptors (Lipinski definition) is 4. The molecule has 1 aromatic carbocycles. The minimum atomic E-state index is -1.08. The molecule has 1 aliphatic rings. The van der Waals surface area contributed by atoms with Crippen LogP contribution < -0.4 is 10.6 Å². The van der Waals surface area contributed by atoms with Crippen LogP contribution in [0.4, 0.5) is 10.5 Å². The summed E-state index contributed by atoms with van der Waals surface area (Å²) < 4.78 is 13.4. The second-order valence-corrected chi connectivity index (χ2v) is 7.12. The van der Waals surface area contributed by atoms with E-state index in [0.29, 0.717) is 10.6 Å². The number of carbonyl (C=O) groups excluding carboxylic acids is 1. The summed E-state index contributed by atoms with van der Waals surface area (Å²) in [5.74, 6) is 1.62. The summed E-state index contributed by atoms with van der Waals surface area (Å²) in [6.07, 6.45) is 4.18. The van der Waals surface area contributed by atoms with Crippen molar-refractivity contribution >= 4 is 22.5 Å². The van der Waals surface area contributed by atoms with Crippen LogP contribution in [-0.4, -0.2) is 31.3 Å². The molecule has 8 heteroatoms. The smallest absolute Gasteiger partial charge is 0.319 e. The van der Waals surface area contributed by atoms with Crippen LogP contribution in [0.3, 0.4) is 0 Å². The van der Waals surface area contributed by atoms with Gasteiger partial charge in [0.2, 0.25) is 0 Å². The van der Waals surface area contributed by atoms with Gasteiger partial charge in [0.1, 0.15) is 5.82 Å². The summed E-state index contributed by atoms with van der Waals surface area (Å²) in [6, 6.07) is 6.60. The summed E-state index contributed by atoms with van der Waals surface area (Å²) in [5.41, 5.74) is 0.617. The third-order valence-electron chi connectivity index (χ3n) is 3.96. The van der Waals surface area contributed by atoms with Crippen molar-refractivity contribution in [2.45, 2.75) is 43.7 Å². The molecule has 24 heavy (non-hydrogen) atoms. The Morgan fingerprint density at radius 1 is 1.46 bits per heavy atom. The molecule has 0 saturated heterocycles. The third-order valence-corrected chi connectivity index (χ3v) is 4.88. The first-order valence-corrected chi connectivity index (χ1v) is 9.57. The number of benzene rings is 1. The molecule has 0 bridgehead atoms. The van der Waals surface area contributed by atoms with Gasteiger partial charge in [0.15, 0.2) is 5.82 Å². The minimum Gasteiger partial charge on any atom is -0.328 e. The molecule has 0 fully saturated rings. The largest absolute Gasteiger partial charge is 0.328 e. The predicted octanol–water partition coefficient (Wildman–Crippen LogP) is 2.23. The summed E-state index contributed by atoms with van der Waals surface area (Å²) >= 11 is 0. The van der Waals surface area contributed by atoms with Crippen LogP contribution in [0.25, 0.3) is 0 Å². The Balaban J connectivity index is 1.69. The molecule has 3 rings (SSSR count). The average Bonchev–Trinajstić information content (AvgIpc) is 2.99. The van der Waals surface area contributed by atoms with Crippen molar-refractivity contribution in [3.8, 4) is 0 Å². The topological polar surface area (TPSA) is 88.9 Å². The zero-order chi connectivity index (χ0) is 17.1. The van der Waals surface area contributed by atoms with E-state index in [2.05, 4.69) is 20.7 Å². The van der Waals surface area contributed by atoms with Gasteiger partial charge in [-0.1, -0.05) is 13.0 Å². The van der Waals surface area contributed by atoms with Crippen molar-refractivity contribution in [3.63, 3.8) is 0 Å². The fourth-order valence-corrected chi connectivity index (χ4v) is 3.33. The summed E-state index contributed by atoms with van der Waals surface area (Å²) in [7, 11) is -1.08. The second kappa shape index (κ2) is 7.12. The predicted molar refractivity (Wildman–Crippen MR) is 92.3 cm³/mol. The van der Waals surface area contributed by atoms with Crippen molar-refractivity contribution < 1.29 is 9.00 Å². The van der Waals surface area contributed by atoms with Crippen molar-refractivity contribution in [2.24, 2.45) is 0 Å². The quantitative estimate of drug-likeness (QED) is 0.888. The number of aryl methyl sites for hydroxylation is 2. The second-order valence-electron chi connectivity index (χ2n) is 5.74. The monoisotopic (exact) mass is 347 g/mol. The van der Waals surface area contributed by atoms with Gasteiger partial charge in [0, 0.05) is 40.6 Å². The van der Waals surface area contributed by atoms with Crippen molar-refractivity contribution in [2.75, 3.05) is 11.6 Å². The van der Waals surface area contributed by atoms with Gasteiger partial charge >= 0.3 is 6.03 Å². The lowest BCUT2D eigenvalue weighted by Crippen LogP contribution is -2.36. The van der Waals surface area contributed by atoms with E-state index in [0.717, 1.165) is 37.5 Å². The molecule has 1 aliphatic heterocycles. The molecule has 7 nitrogen and oxygen atoms in total. The first kappa shape index (κ1) is 16.6. The lowest BCUT2D eigenvalue weighted by atomic mass is 10.1. The zero-order valence-electron chi connectivity index (χ0n) is 13.8. The maximum Gasteiger partial charge on any atom is 0.319 e. The van der Waals surface area contributed by atoms with Crippen LogP contribution in [0.5, 0.6) is 0 Å². The van der Waals surface area contributed by atoms with E-state index in [1.54, 1.807) is 30.5 Å². The molecule has 2 N–H and O–H groups in total. The first-order valence-electron chi connectivity index (χ1n) is 8.01. The molecular formula is C16H21N5O2S. The molecule has 2 heterocycles. The minimum absolute atomic E-state index is 0.143. The Kier molecular flexibility index (Phi) is 4.94. The van der Waals surface area contributed by atoms with Crippen LogP contribution in [-0.2, 0) is 23.8 Å². The van der Waals surface area contributed by atoms with E-state index in [9.17, 15) is 9.00 Å². The number of nitrogens with one attached hydrogen (secondary N) is 2. The maximum absolute atomic E-state index is 12.3. The van der Waals surface area contributed by atoms with E-state index >= 15 is 0 Å². The fraction of sp³-hybridized carbons (Fsp3) is 0.438. The van der Waals surface area contributed by atoms with Gasteiger partial charge in [-0.05, 0) is 31.0 Å². The van der Waals surface area contributed by atoms with E-state index < -0.39 is 10.8 Å². The third kappa shape index (κ3) is 3.64. The first-order chi connectivity index (χ1) is 11.6. The Morgan fingerprint density at radius 2 is 2.29 bits per heavy atom. The number of anilines is 1. The summed E-state index contributed by atoms with van der Waals surface area (Å²) in [5, 5.41) is 10.2. The standard InChI is InChI=1S/C16H21N5O2S/c1-3-14-19-15-13(8-5-9-21(15)20-14)18-16(22)17-11-6-4-7-12(10-11)24(2)23/h4,6-7,10,13H,3,5,8-9H2,1-2H3,(H2,17,18,22)/t13-,24+/m1/s1. The highest BCUT2D eigenvalue weighted by molar-refractivity contribution is 7.84. The molecular weight excluding hydrogens is 326 g/mol. The van der Waals surface area contributed by atoms with Gasteiger partial charge in [0.25, 0.3) is 0 Å². The molecule has 0 unspecified atom stereocenters. The van der Waals surface area contributed by atoms with Crippen molar-refractivity contribution in [1.29, 1.82) is 0 Å². The average molecular weight is 347 g/mol. The van der Waals surface area contributed by atoms with E-state index in [1.165, 1.54) is 0 Å². The fourth-order valence-electron chi connectivity index (χ4n) is 2.76. The molecule has 0 saturated carbocycles. The van der Waals surface area contributed by atoms with Crippen LogP contribution in [0.2, 0.25) is 0 Å². The lowest BCUT2D eigenvalue weighted by Gasteiger charge is -2.23. The van der Waals surface area contributed by atoms with E-state index in [-0.39, 0.29) is 12.1 Å². The van der Waals surface area contributed by atoms with Gasteiger partial charge in [-0.25, -0.2) is 14.5 Å². The van der Waals surface area contributed by atoms with Gasteiger partial charge in [-0.3, -0.25) is 4.21 Å². The highest BCUT2D eigenvalue weighted by Gasteiger charge is 2.25. The van der Waals surface area contributed by atoms with E-state index in [4.69, 9.17) is 0 Å². The van der Waals surface area contributed by atoms with Gasteiger partial charge < -0.3 is 10.6 Å². The van der Waals surface area contributed by atoms with E-state index in [1.807, 2.05) is 11.6 Å². The molecule has 128 valence electrons. The van der Waals surface area contributed by atoms with Gasteiger partial charge in [0.05, 0.1) is 6.04 Å². The number of hydrogen-bond donors (Lipinski definition) is 2. The number of aromatic nitrogens is 3. The van der Waals surface area contributed by atoms with Crippen molar-refractivity contribution in [1.82, 2.24) is 20.1 Å². The Morgan fingerprint density at radius 3 is 3.04 bits per heavy atom. The van der Waals surface area contributed by atoms with Crippen molar-refractivity contribution in [3.05, 3.63) is 35.9 Å². The van der Waals surface area contributed by atoms with Gasteiger partial charge in [-0.2, -0.15) is 5.10 Å². The molecule has 0 spiro atoms. The number of urea groups is 1. The number of carbonyl (C=O) groups is 1. The molecule has 2 atom stereocenters. The molecule has 1 aromatic heterocycles. The molecule has 0 aliphatic carbocycles. The number of fused-ring (bicyclic) bond motifs is 1. The number of rotatable bonds is 4. The lowest BCUT2D eigenvalue weighted by molar-refractivity contribution is 0.244. The SMILES string of the molecule is CCc1nc2n(n1)CCC[C@H]2NC(=O)Nc1cccc([S@](C)=O)c1. The number of nitrogens with zero attached hydrogens (tertiary/aromatic N) is 3. The Hall–Kier alpha value is -2.22. The molecule has 2 aromatic rings. The Labute approximate surface area is 143 Å². The van der Waals surface area contributed by atoms with Crippen LogP contribution in [0.15, 0.2) is 29.2 Å². The van der Waals surface area contributed by atoms with Crippen LogP contribution >= 0.6 is 0 Å². The van der Waals surface area contributed by atoms with Crippen LogP contribution in [0.1, 0.15) is 37.5 Å². The normalized spacial score (nSPS) is 17.8. The molecule has 0 radical (unpaired) electrons. The maximum atomic E-state index is 12.3. The highest BCUT2D eigenvalue weighted by Crippen LogP contribution is 2.23. The van der Waals surface area contributed by atoms with Crippen LogP contribution in [0, 0.1) is 0 Å².